The molecule has 17 heavy (non-hydrogen) atoms. The van der Waals surface area contributed by atoms with E-state index in [1.54, 1.807) is 13.8 Å². The number of amides is 2. The number of carbonyl (C=O) groups is 2. The van der Waals surface area contributed by atoms with Gasteiger partial charge in [0, 0.05) is 12.1 Å². The topological polar surface area (TPSA) is 58.2 Å². The Labute approximate surface area is 99.2 Å². The number of benzene rings is 1. The van der Waals surface area contributed by atoms with Gasteiger partial charge in [0.2, 0.25) is 5.91 Å². The van der Waals surface area contributed by atoms with Crippen LogP contribution in [0.2, 0.25) is 0 Å². The van der Waals surface area contributed by atoms with E-state index in [0.717, 1.165) is 6.07 Å². The maximum Gasteiger partial charge on any atom is 0.252 e. The molecule has 0 aliphatic rings. The van der Waals surface area contributed by atoms with E-state index in [1.165, 1.54) is 18.2 Å². The fraction of sp³-hybridized carbons (Fsp3) is 0.333. The molecule has 0 saturated carbocycles. The smallest absolute Gasteiger partial charge is 0.252 e. The molecule has 4 nitrogen and oxygen atoms in total. The Bertz CT molecular complexity index is 421. The third-order valence-corrected chi connectivity index (χ3v) is 2.18. The summed E-state index contributed by atoms with van der Waals surface area (Å²) >= 11 is 0. The van der Waals surface area contributed by atoms with Crippen LogP contribution in [0.1, 0.15) is 24.2 Å². The number of halogens is 1. The zero-order valence-corrected chi connectivity index (χ0v) is 9.79. The first kappa shape index (κ1) is 13.2. The maximum absolute atomic E-state index is 12.9. The summed E-state index contributed by atoms with van der Waals surface area (Å²) in [6, 6.07) is 4.67. The van der Waals surface area contributed by atoms with Gasteiger partial charge in [-0.15, -0.1) is 0 Å². The lowest BCUT2D eigenvalue weighted by Crippen LogP contribution is -2.44. The average Bonchev–Trinajstić information content (AvgIpc) is 2.29. The van der Waals surface area contributed by atoms with E-state index in [9.17, 15) is 14.0 Å². The molecule has 1 aromatic rings. The number of likely N-dealkylation sites (N-methyl/N-ethyl adjacent to an activating group) is 1. The summed E-state index contributed by atoms with van der Waals surface area (Å²) in [6.07, 6.45) is 0. The molecule has 0 bridgehead atoms. The largest absolute Gasteiger partial charge is 0.355 e. The van der Waals surface area contributed by atoms with Gasteiger partial charge in [0.25, 0.3) is 5.91 Å². The van der Waals surface area contributed by atoms with Crippen molar-refractivity contribution in [3.8, 4) is 0 Å². The van der Waals surface area contributed by atoms with Gasteiger partial charge in [0.15, 0.2) is 0 Å². The molecule has 0 aliphatic carbocycles. The lowest BCUT2D eigenvalue weighted by Gasteiger charge is -2.13. The minimum atomic E-state index is -0.647. The van der Waals surface area contributed by atoms with Gasteiger partial charge < -0.3 is 10.6 Å². The van der Waals surface area contributed by atoms with E-state index >= 15 is 0 Å². The minimum absolute atomic E-state index is 0.196. The third-order valence-electron chi connectivity index (χ3n) is 2.18. The van der Waals surface area contributed by atoms with Gasteiger partial charge in [-0.25, -0.2) is 4.39 Å². The van der Waals surface area contributed by atoms with Crippen molar-refractivity contribution in [3.63, 3.8) is 0 Å². The van der Waals surface area contributed by atoms with E-state index in [4.69, 9.17) is 0 Å². The van der Waals surface area contributed by atoms with Crippen LogP contribution in [0.5, 0.6) is 0 Å². The van der Waals surface area contributed by atoms with E-state index < -0.39 is 17.8 Å². The van der Waals surface area contributed by atoms with Crippen LogP contribution in [0.25, 0.3) is 0 Å². The number of hydrogen-bond acceptors (Lipinski definition) is 2. The highest BCUT2D eigenvalue weighted by molar-refractivity contribution is 5.97. The fourth-order valence-corrected chi connectivity index (χ4v) is 1.30. The van der Waals surface area contributed by atoms with Gasteiger partial charge in [-0.3, -0.25) is 9.59 Å². The number of nitrogens with one attached hydrogen (secondary N) is 2. The first-order valence-corrected chi connectivity index (χ1v) is 5.38. The quantitative estimate of drug-likeness (QED) is 0.824. The number of carbonyl (C=O) groups excluding carboxylic acids is 2. The van der Waals surface area contributed by atoms with Crippen molar-refractivity contribution in [1.82, 2.24) is 10.6 Å². The molecule has 92 valence electrons. The summed E-state index contributed by atoms with van der Waals surface area (Å²) in [5.41, 5.74) is 0.196. The minimum Gasteiger partial charge on any atom is -0.355 e. The predicted molar refractivity (Wildman–Crippen MR) is 62.0 cm³/mol. The third kappa shape index (κ3) is 3.86. The Kier molecular flexibility index (Phi) is 4.63. The number of hydrogen-bond donors (Lipinski definition) is 2. The second-order valence-electron chi connectivity index (χ2n) is 3.60. The van der Waals surface area contributed by atoms with Crippen molar-refractivity contribution in [1.29, 1.82) is 0 Å². The highest BCUT2D eigenvalue weighted by Crippen LogP contribution is 2.03. The Morgan fingerprint density at radius 2 is 2.12 bits per heavy atom. The SMILES string of the molecule is CCNC(=O)[C@@H](C)NC(=O)c1cccc(F)c1. The zero-order chi connectivity index (χ0) is 12.8. The molecule has 0 unspecified atom stereocenters. The number of rotatable bonds is 4. The molecular weight excluding hydrogens is 223 g/mol. The van der Waals surface area contributed by atoms with Crippen molar-refractivity contribution < 1.29 is 14.0 Å². The predicted octanol–water partition coefficient (Wildman–Crippen LogP) is 1.08. The van der Waals surface area contributed by atoms with E-state index in [1.807, 2.05) is 0 Å². The Morgan fingerprint density at radius 3 is 2.71 bits per heavy atom. The lowest BCUT2D eigenvalue weighted by molar-refractivity contribution is -0.122. The Hall–Kier alpha value is -1.91. The van der Waals surface area contributed by atoms with Gasteiger partial charge in [0.1, 0.15) is 11.9 Å². The highest BCUT2D eigenvalue weighted by Gasteiger charge is 2.15. The van der Waals surface area contributed by atoms with E-state index in [-0.39, 0.29) is 11.5 Å². The van der Waals surface area contributed by atoms with E-state index in [2.05, 4.69) is 10.6 Å². The highest BCUT2D eigenvalue weighted by atomic mass is 19.1. The van der Waals surface area contributed by atoms with Crippen molar-refractivity contribution in [3.05, 3.63) is 35.6 Å². The van der Waals surface area contributed by atoms with Crippen molar-refractivity contribution >= 4 is 11.8 Å². The summed E-state index contributed by atoms with van der Waals surface area (Å²) in [7, 11) is 0. The second kappa shape index (κ2) is 5.98. The fourth-order valence-electron chi connectivity index (χ4n) is 1.30. The van der Waals surface area contributed by atoms with Crippen LogP contribution in [-0.4, -0.2) is 24.4 Å². The normalized spacial score (nSPS) is 11.7. The van der Waals surface area contributed by atoms with Gasteiger partial charge in [-0.05, 0) is 32.0 Å². The summed E-state index contributed by atoms with van der Waals surface area (Å²) < 4.78 is 12.9. The summed E-state index contributed by atoms with van der Waals surface area (Å²) in [5.74, 6) is -1.22. The van der Waals surface area contributed by atoms with Crippen molar-refractivity contribution in [2.75, 3.05) is 6.54 Å². The summed E-state index contributed by atoms with van der Waals surface area (Å²) in [4.78, 5) is 23.0. The van der Waals surface area contributed by atoms with Gasteiger partial charge in [-0.2, -0.15) is 0 Å². The Balaban J connectivity index is 2.63. The molecule has 0 fully saturated rings. The molecule has 0 saturated heterocycles. The molecule has 1 atom stereocenters. The molecular formula is C12H15FN2O2. The molecule has 0 aromatic heterocycles. The summed E-state index contributed by atoms with van der Waals surface area (Å²) in [6.45, 7) is 3.86. The van der Waals surface area contributed by atoms with Crippen LogP contribution in [0, 0.1) is 5.82 Å². The van der Waals surface area contributed by atoms with E-state index in [0.29, 0.717) is 6.54 Å². The molecule has 0 heterocycles. The molecule has 1 rings (SSSR count). The lowest BCUT2D eigenvalue weighted by atomic mass is 10.2. The van der Waals surface area contributed by atoms with Gasteiger partial charge in [0.05, 0.1) is 0 Å². The molecule has 0 aliphatic heterocycles. The van der Waals surface area contributed by atoms with Crippen LogP contribution in [0.15, 0.2) is 24.3 Å². The first-order chi connectivity index (χ1) is 8.04. The standard InChI is InChI=1S/C12H15FN2O2/c1-3-14-11(16)8(2)15-12(17)9-5-4-6-10(13)7-9/h4-8H,3H2,1-2H3,(H,14,16)(H,15,17)/t8-/m1/s1. The second-order valence-corrected chi connectivity index (χ2v) is 3.60. The molecule has 0 radical (unpaired) electrons. The van der Waals surface area contributed by atoms with Crippen LogP contribution in [0.4, 0.5) is 4.39 Å². The molecule has 5 heteroatoms. The van der Waals surface area contributed by atoms with Crippen LogP contribution in [0.3, 0.4) is 0 Å². The van der Waals surface area contributed by atoms with Crippen LogP contribution >= 0.6 is 0 Å². The maximum atomic E-state index is 12.9. The molecule has 2 N–H and O–H groups in total. The van der Waals surface area contributed by atoms with Crippen LogP contribution < -0.4 is 10.6 Å². The zero-order valence-electron chi connectivity index (χ0n) is 9.79. The average molecular weight is 238 g/mol. The molecule has 2 amide bonds. The van der Waals surface area contributed by atoms with Crippen molar-refractivity contribution in [2.24, 2.45) is 0 Å². The molecule has 0 spiro atoms. The first-order valence-electron chi connectivity index (χ1n) is 5.38. The summed E-state index contributed by atoms with van der Waals surface area (Å²) in [5, 5.41) is 5.08. The van der Waals surface area contributed by atoms with Gasteiger partial charge in [-0.1, -0.05) is 6.07 Å². The van der Waals surface area contributed by atoms with Crippen molar-refractivity contribution in [2.45, 2.75) is 19.9 Å². The van der Waals surface area contributed by atoms with Gasteiger partial charge >= 0.3 is 0 Å². The van der Waals surface area contributed by atoms with Crippen LogP contribution in [-0.2, 0) is 4.79 Å². The monoisotopic (exact) mass is 238 g/mol. The Morgan fingerprint density at radius 1 is 1.41 bits per heavy atom. The molecule has 1 aromatic carbocycles.